The Kier molecular flexibility index (Phi) is 3.05. The van der Waals surface area contributed by atoms with E-state index in [-0.39, 0.29) is 0 Å². The van der Waals surface area contributed by atoms with Crippen molar-refractivity contribution in [2.45, 2.75) is 51.9 Å². The number of rotatable bonds is 2. The minimum Gasteiger partial charge on any atom is -0.295 e. The van der Waals surface area contributed by atoms with Gasteiger partial charge in [-0.1, -0.05) is 31.8 Å². The highest BCUT2D eigenvalue weighted by Gasteiger charge is 2.26. The molecule has 0 aromatic carbocycles. The van der Waals surface area contributed by atoms with Crippen molar-refractivity contribution in [3.05, 3.63) is 11.6 Å². The molecule has 2 unspecified atom stereocenters. The van der Waals surface area contributed by atoms with Crippen molar-refractivity contribution in [2.75, 3.05) is 0 Å². The van der Waals surface area contributed by atoms with E-state index in [1.807, 2.05) is 6.08 Å². The van der Waals surface area contributed by atoms with Crippen LogP contribution in [0, 0.1) is 11.8 Å². The first-order valence-corrected chi connectivity index (χ1v) is 6.03. The Hall–Kier alpha value is -0.590. The van der Waals surface area contributed by atoms with Gasteiger partial charge >= 0.3 is 0 Å². The van der Waals surface area contributed by atoms with Crippen molar-refractivity contribution < 1.29 is 4.79 Å². The topological polar surface area (TPSA) is 17.1 Å². The van der Waals surface area contributed by atoms with Gasteiger partial charge < -0.3 is 0 Å². The van der Waals surface area contributed by atoms with Crippen molar-refractivity contribution in [3.63, 3.8) is 0 Å². The molecule has 0 N–H and O–H groups in total. The van der Waals surface area contributed by atoms with Crippen LogP contribution < -0.4 is 0 Å². The first-order valence-electron chi connectivity index (χ1n) is 6.03. The van der Waals surface area contributed by atoms with Crippen LogP contribution in [0.2, 0.25) is 0 Å². The van der Waals surface area contributed by atoms with E-state index in [0.717, 1.165) is 24.7 Å². The summed E-state index contributed by atoms with van der Waals surface area (Å²) in [5.74, 6) is 2.03. The molecule has 0 spiro atoms. The van der Waals surface area contributed by atoms with E-state index in [1.165, 1.54) is 37.7 Å². The lowest BCUT2D eigenvalue weighted by Crippen LogP contribution is -2.16. The Bertz CT molecular complexity index is 252. The zero-order chi connectivity index (χ0) is 9.97. The van der Waals surface area contributed by atoms with Crippen LogP contribution in [0.5, 0.6) is 0 Å². The number of carbonyl (C=O) groups excluding carboxylic acids is 1. The van der Waals surface area contributed by atoms with Gasteiger partial charge in [0.2, 0.25) is 0 Å². The Labute approximate surface area is 86.6 Å². The third kappa shape index (κ3) is 2.08. The van der Waals surface area contributed by atoms with Crippen molar-refractivity contribution in [1.82, 2.24) is 0 Å². The number of carbonyl (C=O) groups is 1. The summed E-state index contributed by atoms with van der Waals surface area (Å²) in [6, 6.07) is 0. The number of allylic oxidation sites excluding steroid dienone is 2. The average molecular weight is 192 g/mol. The minimum absolute atomic E-state index is 0.360. The van der Waals surface area contributed by atoms with Gasteiger partial charge in [0.1, 0.15) is 0 Å². The van der Waals surface area contributed by atoms with Gasteiger partial charge in [-0.2, -0.15) is 0 Å². The average Bonchev–Trinajstić information content (AvgIpc) is 2.65. The molecule has 1 saturated carbocycles. The van der Waals surface area contributed by atoms with Crippen LogP contribution in [0.4, 0.5) is 0 Å². The summed E-state index contributed by atoms with van der Waals surface area (Å²) in [7, 11) is 0. The quantitative estimate of drug-likeness (QED) is 0.654. The van der Waals surface area contributed by atoms with Crippen LogP contribution in [0.1, 0.15) is 51.9 Å². The molecular weight excluding hydrogens is 172 g/mol. The van der Waals surface area contributed by atoms with Gasteiger partial charge in [0.05, 0.1) is 0 Å². The highest BCUT2D eigenvalue weighted by molar-refractivity contribution is 5.93. The van der Waals surface area contributed by atoms with Gasteiger partial charge in [-0.3, -0.25) is 4.79 Å². The van der Waals surface area contributed by atoms with Crippen LogP contribution in [-0.2, 0) is 4.79 Å². The lowest BCUT2D eigenvalue weighted by atomic mass is 9.76. The molecule has 0 bridgehead atoms. The van der Waals surface area contributed by atoms with E-state index in [9.17, 15) is 4.79 Å². The largest absolute Gasteiger partial charge is 0.295 e. The summed E-state index contributed by atoms with van der Waals surface area (Å²) in [5, 5.41) is 0. The molecule has 2 aliphatic rings. The number of hydrogen-bond donors (Lipinski definition) is 0. The second kappa shape index (κ2) is 4.29. The van der Waals surface area contributed by atoms with E-state index in [1.54, 1.807) is 0 Å². The SMILES string of the molecule is CCC1CCCC(C2=CC(=O)CC2)C1. The maximum atomic E-state index is 11.2. The maximum absolute atomic E-state index is 11.2. The Morgan fingerprint density at radius 3 is 2.86 bits per heavy atom. The molecule has 0 aromatic heterocycles. The summed E-state index contributed by atoms with van der Waals surface area (Å²) in [4.78, 5) is 11.2. The molecule has 14 heavy (non-hydrogen) atoms. The lowest BCUT2D eigenvalue weighted by Gasteiger charge is -2.29. The Balaban J connectivity index is 1.97. The van der Waals surface area contributed by atoms with E-state index in [0.29, 0.717) is 5.78 Å². The molecule has 2 atom stereocenters. The normalized spacial score (nSPS) is 33.2. The lowest BCUT2D eigenvalue weighted by molar-refractivity contribution is -0.114. The predicted molar refractivity (Wildman–Crippen MR) is 58.1 cm³/mol. The van der Waals surface area contributed by atoms with Crippen LogP contribution in [-0.4, -0.2) is 5.78 Å². The minimum atomic E-state index is 0.360. The summed E-state index contributed by atoms with van der Waals surface area (Å²) < 4.78 is 0. The molecule has 0 aliphatic heterocycles. The third-order valence-corrected chi connectivity index (χ3v) is 3.89. The van der Waals surface area contributed by atoms with Crippen molar-refractivity contribution in [2.24, 2.45) is 11.8 Å². The van der Waals surface area contributed by atoms with Crippen LogP contribution in [0.15, 0.2) is 11.6 Å². The predicted octanol–water partition coefficient (Wildman–Crippen LogP) is 3.49. The van der Waals surface area contributed by atoms with Crippen molar-refractivity contribution in [1.29, 1.82) is 0 Å². The maximum Gasteiger partial charge on any atom is 0.155 e. The summed E-state index contributed by atoms with van der Waals surface area (Å²) in [6.07, 6.45) is 10.5. The molecule has 0 heterocycles. The molecule has 1 fully saturated rings. The third-order valence-electron chi connectivity index (χ3n) is 3.89. The molecule has 0 amide bonds. The summed E-state index contributed by atoms with van der Waals surface area (Å²) in [6.45, 7) is 2.29. The number of ketones is 1. The summed E-state index contributed by atoms with van der Waals surface area (Å²) in [5.41, 5.74) is 1.47. The fourth-order valence-electron chi connectivity index (χ4n) is 2.94. The molecule has 2 aliphatic carbocycles. The fourth-order valence-corrected chi connectivity index (χ4v) is 2.94. The van der Waals surface area contributed by atoms with E-state index in [2.05, 4.69) is 6.92 Å². The molecule has 2 rings (SSSR count). The summed E-state index contributed by atoms with van der Waals surface area (Å²) >= 11 is 0. The van der Waals surface area contributed by atoms with E-state index >= 15 is 0 Å². The molecular formula is C13H20O. The van der Waals surface area contributed by atoms with Gasteiger partial charge in [-0.25, -0.2) is 0 Å². The van der Waals surface area contributed by atoms with Crippen LogP contribution >= 0.6 is 0 Å². The molecule has 0 saturated heterocycles. The molecule has 0 radical (unpaired) electrons. The molecule has 1 nitrogen and oxygen atoms in total. The monoisotopic (exact) mass is 192 g/mol. The zero-order valence-electron chi connectivity index (χ0n) is 9.09. The highest BCUT2D eigenvalue weighted by atomic mass is 16.1. The van der Waals surface area contributed by atoms with Crippen molar-refractivity contribution >= 4 is 5.78 Å². The van der Waals surface area contributed by atoms with Gasteiger partial charge in [-0.05, 0) is 37.2 Å². The molecule has 0 aromatic rings. The first kappa shape index (κ1) is 9.95. The zero-order valence-corrected chi connectivity index (χ0v) is 9.09. The second-order valence-electron chi connectivity index (χ2n) is 4.82. The van der Waals surface area contributed by atoms with Gasteiger partial charge in [-0.15, -0.1) is 0 Å². The molecule has 78 valence electrons. The number of hydrogen-bond acceptors (Lipinski definition) is 1. The van der Waals surface area contributed by atoms with Gasteiger partial charge in [0.15, 0.2) is 5.78 Å². The molecule has 1 heteroatoms. The highest BCUT2D eigenvalue weighted by Crippen LogP contribution is 2.38. The Morgan fingerprint density at radius 1 is 1.36 bits per heavy atom. The van der Waals surface area contributed by atoms with Gasteiger partial charge in [0, 0.05) is 6.42 Å². The second-order valence-corrected chi connectivity index (χ2v) is 4.82. The van der Waals surface area contributed by atoms with E-state index in [4.69, 9.17) is 0 Å². The van der Waals surface area contributed by atoms with Gasteiger partial charge in [0.25, 0.3) is 0 Å². The van der Waals surface area contributed by atoms with Crippen LogP contribution in [0.25, 0.3) is 0 Å². The standard InChI is InChI=1S/C13H20O/c1-2-10-4-3-5-11(8-10)12-6-7-13(14)9-12/h9-11H,2-8H2,1H3. The fraction of sp³-hybridized carbons (Fsp3) is 0.769. The van der Waals surface area contributed by atoms with Crippen LogP contribution in [0.3, 0.4) is 0 Å². The Morgan fingerprint density at radius 2 is 2.21 bits per heavy atom. The van der Waals surface area contributed by atoms with E-state index < -0.39 is 0 Å². The van der Waals surface area contributed by atoms with Crippen molar-refractivity contribution in [3.8, 4) is 0 Å². The smallest absolute Gasteiger partial charge is 0.155 e. The first-order chi connectivity index (χ1) is 6.79.